The third-order valence-electron chi connectivity index (χ3n) is 3.56. The van der Waals surface area contributed by atoms with Gasteiger partial charge in [0.15, 0.2) is 0 Å². The van der Waals surface area contributed by atoms with Gasteiger partial charge in [-0.3, -0.25) is 10.1 Å². The number of non-ortho nitro benzene ring substituents is 1. The number of nitrogens with one attached hydrogen (secondary N) is 2. The van der Waals surface area contributed by atoms with Crippen LogP contribution in [0.2, 0.25) is 0 Å². The van der Waals surface area contributed by atoms with Gasteiger partial charge in [0.05, 0.1) is 9.82 Å². The molecule has 0 aliphatic heterocycles. The molecule has 8 heteroatoms. The van der Waals surface area contributed by atoms with E-state index in [1.165, 1.54) is 37.1 Å². The molecule has 7 nitrogen and oxygen atoms in total. The molecule has 116 valence electrons. The first-order chi connectivity index (χ1) is 9.99. The van der Waals surface area contributed by atoms with Gasteiger partial charge in [-0.15, -0.1) is 0 Å². The highest BCUT2D eigenvalue weighted by Crippen LogP contribution is 2.17. The van der Waals surface area contributed by atoms with Crippen molar-refractivity contribution < 1.29 is 13.3 Å². The number of benzene rings is 1. The van der Waals surface area contributed by atoms with Crippen molar-refractivity contribution in [1.29, 1.82) is 0 Å². The van der Waals surface area contributed by atoms with Crippen molar-refractivity contribution in [3.63, 3.8) is 0 Å². The average molecular weight is 313 g/mol. The normalized spacial score (nSPS) is 16.2. The third-order valence-corrected chi connectivity index (χ3v) is 5.04. The molecule has 21 heavy (non-hydrogen) atoms. The summed E-state index contributed by atoms with van der Waals surface area (Å²) in [6.45, 7) is 0.882. The second kappa shape index (κ2) is 6.97. The molecular weight excluding hydrogens is 294 g/mol. The first-order valence-electron chi connectivity index (χ1n) is 6.96. The third kappa shape index (κ3) is 4.48. The zero-order valence-electron chi connectivity index (χ0n) is 11.6. The fraction of sp³-hybridized carbons (Fsp3) is 0.538. The van der Waals surface area contributed by atoms with Crippen molar-refractivity contribution in [1.82, 2.24) is 10.0 Å². The lowest BCUT2D eigenvalue weighted by Crippen LogP contribution is -2.35. The van der Waals surface area contributed by atoms with E-state index < -0.39 is 14.9 Å². The predicted octanol–water partition coefficient (Wildman–Crippen LogP) is 1.41. The van der Waals surface area contributed by atoms with Crippen molar-refractivity contribution in [2.24, 2.45) is 0 Å². The molecule has 0 saturated heterocycles. The largest absolute Gasteiger partial charge is 0.313 e. The molecule has 0 bridgehead atoms. The SMILES string of the molecule is O=[N+]([O-])c1ccc(S(=O)(=O)NCCNC2CCCC2)cc1. The maximum Gasteiger partial charge on any atom is 0.269 e. The van der Waals surface area contributed by atoms with Crippen molar-refractivity contribution in [2.45, 2.75) is 36.6 Å². The van der Waals surface area contributed by atoms with Gasteiger partial charge in [0.1, 0.15) is 0 Å². The van der Waals surface area contributed by atoms with Gasteiger partial charge in [0, 0.05) is 31.3 Å². The molecule has 0 amide bonds. The Morgan fingerprint density at radius 3 is 2.33 bits per heavy atom. The number of nitrogens with zero attached hydrogens (tertiary/aromatic N) is 1. The molecule has 0 atom stereocenters. The Bertz CT molecular complexity index is 580. The van der Waals surface area contributed by atoms with E-state index >= 15 is 0 Å². The van der Waals surface area contributed by atoms with E-state index in [1.54, 1.807) is 0 Å². The monoisotopic (exact) mass is 313 g/mol. The van der Waals surface area contributed by atoms with Crippen LogP contribution < -0.4 is 10.0 Å². The molecule has 1 aliphatic rings. The van der Waals surface area contributed by atoms with E-state index in [0.717, 1.165) is 12.8 Å². The number of sulfonamides is 1. The van der Waals surface area contributed by atoms with Crippen LogP contribution in [0.4, 0.5) is 5.69 Å². The smallest absolute Gasteiger partial charge is 0.269 e. The maximum absolute atomic E-state index is 12.0. The second-order valence-corrected chi connectivity index (χ2v) is 6.85. The summed E-state index contributed by atoms with van der Waals surface area (Å²) >= 11 is 0. The Balaban J connectivity index is 1.84. The Morgan fingerprint density at radius 1 is 1.14 bits per heavy atom. The summed E-state index contributed by atoms with van der Waals surface area (Å²) in [5.74, 6) is 0. The minimum absolute atomic E-state index is 0.0361. The molecular formula is C13H19N3O4S. The topological polar surface area (TPSA) is 101 Å². The molecule has 1 saturated carbocycles. The molecule has 2 rings (SSSR count). The fourth-order valence-electron chi connectivity index (χ4n) is 2.42. The number of nitro groups is 1. The van der Waals surface area contributed by atoms with Gasteiger partial charge in [-0.25, -0.2) is 13.1 Å². The quantitative estimate of drug-likeness (QED) is 0.450. The lowest BCUT2D eigenvalue weighted by molar-refractivity contribution is -0.384. The van der Waals surface area contributed by atoms with Gasteiger partial charge < -0.3 is 5.32 Å². The summed E-state index contributed by atoms with van der Waals surface area (Å²) < 4.78 is 26.5. The average Bonchev–Trinajstić information content (AvgIpc) is 2.97. The molecule has 1 aromatic rings. The molecule has 0 spiro atoms. The zero-order valence-corrected chi connectivity index (χ0v) is 12.4. The first kappa shape index (κ1) is 15.9. The number of rotatable bonds is 7. The van der Waals surface area contributed by atoms with Crippen LogP contribution in [0, 0.1) is 10.1 Å². The molecule has 1 aromatic carbocycles. The van der Waals surface area contributed by atoms with Gasteiger partial charge in [-0.2, -0.15) is 0 Å². The van der Waals surface area contributed by atoms with E-state index in [0.29, 0.717) is 19.1 Å². The lowest BCUT2D eigenvalue weighted by Gasteiger charge is -2.12. The number of hydrogen-bond donors (Lipinski definition) is 2. The van der Waals surface area contributed by atoms with Crippen LogP contribution in [-0.4, -0.2) is 32.5 Å². The number of hydrogen-bond acceptors (Lipinski definition) is 5. The second-order valence-electron chi connectivity index (χ2n) is 5.08. The Labute approximate surface area is 123 Å². The summed E-state index contributed by atoms with van der Waals surface area (Å²) in [7, 11) is -3.61. The van der Waals surface area contributed by atoms with E-state index in [-0.39, 0.29) is 10.6 Å². The molecule has 0 radical (unpaired) electrons. The molecule has 2 N–H and O–H groups in total. The molecule has 1 fully saturated rings. The van der Waals surface area contributed by atoms with Gasteiger partial charge in [-0.1, -0.05) is 12.8 Å². The Hall–Kier alpha value is -1.51. The van der Waals surface area contributed by atoms with E-state index in [4.69, 9.17) is 0 Å². The molecule has 1 aliphatic carbocycles. The van der Waals surface area contributed by atoms with Gasteiger partial charge in [0.25, 0.3) is 5.69 Å². The lowest BCUT2D eigenvalue weighted by atomic mass is 10.2. The summed E-state index contributed by atoms with van der Waals surface area (Å²) in [4.78, 5) is 10.0. The van der Waals surface area contributed by atoms with E-state index in [1.807, 2.05) is 0 Å². The van der Waals surface area contributed by atoms with Gasteiger partial charge in [-0.05, 0) is 25.0 Å². The fourth-order valence-corrected chi connectivity index (χ4v) is 3.45. The van der Waals surface area contributed by atoms with Crippen LogP contribution in [0.5, 0.6) is 0 Å². The van der Waals surface area contributed by atoms with Crippen molar-refractivity contribution in [3.05, 3.63) is 34.4 Å². The minimum atomic E-state index is -3.61. The number of nitro benzene ring substituents is 1. The van der Waals surface area contributed by atoms with Crippen LogP contribution >= 0.6 is 0 Å². The molecule has 0 unspecified atom stereocenters. The maximum atomic E-state index is 12.0. The van der Waals surface area contributed by atoms with Crippen LogP contribution in [0.15, 0.2) is 29.2 Å². The summed E-state index contributed by atoms with van der Waals surface area (Å²) in [5.41, 5.74) is -0.128. The zero-order chi connectivity index (χ0) is 15.3. The van der Waals surface area contributed by atoms with Crippen LogP contribution in [0.3, 0.4) is 0 Å². The van der Waals surface area contributed by atoms with E-state index in [9.17, 15) is 18.5 Å². The standard InChI is InChI=1S/C13H19N3O4S/c17-16(18)12-5-7-13(8-6-12)21(19,20)15-10-9-14-11-3-1-2-4-11/h5-8,11,14-15H,1-4,9-10H2. The minimum Gasteiger partial charge on any atom is -0.313 e. The van der Waals surface area contributed by atoms with Crippen LogP contribution in [0.25, 0.3) is 0 Å². The van der Waals surface area contributed by atoms with Crippen molar-refractivity contribution in [2.75, 3.05) is 13.1 Å². The summed E-state index contributed by atoms with van der Waals surface area (Å²) in [6, 6.07) is 5.35. The highest BCUT2D eigenvalue weighted by Gasteiger charge is 2.16. The van der Waals surface area contributed by atoms with E-state index in [2.05, 4.69) is 10.0 Å². The first-order valence-corrected chi connectivity index (χ1v) is 8.45. The molecule has 0 aromatic heterocycles. The van der Waals surface area contributed by atoms with Crippen molar-refractivity contribution >= 4 is 15.7 Å². The van der Waals surface area contributed by atoms with Crippen LogP contribution in [-0.2, 0) is 10.0 Å². The summed E-state index contributed by atoms with van der Waals surface area (Å²) in [6.07, 6.45) is 4.75. The van der Waals surface area contributed by atoms with Gasteiger partial charge in [0.2, 0.25) is 10.0 Å². The highest BCUT2D eigenvalue weighted by molar-refractivity contribution is 7.89. The Kier molecular flexibility index (Phi) is 5.27. The predicted molar refractivity (Wildman–Crippen MR) is 78.5 cm³/mol. The summed E-state index contributed by atoms with van der Waals surface area (Å²) in [5, 5.41) is 13.8. The van der Waals surface area contributed by atoms with Gasteiger partial charge >= 0.3 is 0 Å². The van der Waals surface area contributed by atoms with Crippen LogP contribution in [0.1, 0.15) is 25.7 Å². The van der Waals surface area contributed by atoms with Crippen molar-refractivity contribution in [3.8, 4) is 0 Å². The highest BCUT2D eigenvalue weighted by atomic mass is 32.2. The Morgan fingerprint density at radius 2 is 1.76 bits per heavy atom. The molecule has 0 heterocycles.